The van der Waals surface area contributed by atoms with Gasteiger partial charge in [0.15, 0.2) is 10.9 Å². The Hall–Kier alpha value is -1.30. The van der Waals surface area contributed by atoms with Gasteiger partial charge in [0.2, 0.25) is 0 Å². The number of carboxylic acid groups (broad SMARTS) is 1. The van der Waals surface area contributed by atoms with Gasteiger partial charge in [0.05, 0.1) is 0 Å². The van der Waals surface area contributed by atoms with Crippen LogP contribution in [-0.4, -0.2) is 27.3 Å². The molecule has 1 aromatic rings. The van der Waals surface area contributed by atoms with E-state index in [1.165, 1.54) is 17.8 Å². The lowest BCUT2D eigenvalue weighted by Gasteiger charge is -1.98. The summed E-state index contributed by atoms with van der Waals surface area (Å²) in [7, 11) is 0. The van der Waals surface area contributed by atoms with E-state index in [4.69, 9.17) is 10.8 Å². The quantitative estimate of drug-likeness (QED) is 0.514. The second-order valence-electron chi connectivity index (χ2n) is 1.97. The summed E-state index contributed by atoms with van der Waals surface area (Å²) in [5, 5.41) is 8.94. The van der Waals surface area contributed by atoms with E-state index >= 15 is 0 Å². The molecule has 0 aliphatic carbocycles. The molecule has 5 nitrogen and oxygen atoms in total. The van der Waals surface area contributed by atoms with Gasteiger partial charge in [-0.15, -0.1) is 0 Å². The standard InChI is InChI=1S/C6H7N3O2S/c1-12-6-8-3(5(10)11)2-4(7)9-6/h2H,1H3,(H,10,11)(H2,7,8,9). The number of nitrogen functional groups attached to an aromatic ring is 1. The Balaban J connectivity index is 3.15. The van der Waals surface area contributed by atoms with E-state index in [-0.39, 0.29) is 11.5 Å². The van der Waals surface area contributed by atoms with Gasteiger partial charge in [-0.3, -0.25) is 0 Å². The van der Waals surface area contributed by atoms with E-state index in [1.807, 2.05) is 0 Å². The number of hydrogen-bond acceptors (Lipinski definition) is 5. The molecule has 64 valence electrons. The maximum absolute atomic E-state index is 10.5. The molecule has 1 heterocycles. The third-order valence-corrected chi connectivity index (χ3v) is 1.67. The third kappa shape index (κ3) is 1.85. The average molecular weight is 185 g/mol. The van der Waals surface area contributed by atoms with E-state index in [2.05, 4.69) is 9.97 Å². The molecule has 1 aromatic heterocycles. The van der Waals surface area contributed by atoms with Crippen LogP contribution in [0.2, 0.25) is 0 Å². The zero-order valence-electron chi connectivity index (χ0n) is 6.31. The molecule has 0 amide bonds. The zero-order chi connectivity index (χ0) is 9.14. The van der Waals surface area contributed by atoms with Crippen LogP contribution in [-0.2, 0) is 0 Å². The number of carboxylic acids is 1. The number of aromatic carboxylic acids is 1. The third-order valence-electron chi connectivity index (χ3n) is 1.13. The van der Waals surface area contributed by atoms with Crippen LogP contribution in [0.15, 0.2) is 11.2 Å². The fraction of sp³-hybridized carbons (Fsp3) is 0.167. The van der Waals surface area contributed by atoms with Gasteiger partial charge in [-0.2, -0.15) is 0 Å². The molecule has 0 spiro atoms. The maximum Gasteiger partial charge on any atom is 0.354 e. The highest BCUT2D eigenvalue weighted by Gasteiger charge is 2.07. The molecule has 0 atom stereocenters. The van der Waals surface area contributed by atoms with E-state index in [0.717, 1.165) is 0 Å². The summed E-state index contributed by atoms with van der Waals surface area (Å²) in [4.78, 5) is 18.0. The van der Waals surface area contributed by atoms with Crippen molar-refractivity contribution in [1.29, 1.82) is 0 Å². The molecule has 0 saturated heterocycles. The summed E-state index contributed by atoms with van der Waals surface area (Å²) in [6.07, 6.45) is 1.75. The fourth-order valence-electron chi connectivity index (χ4n) is 0.644. The van der Waals surface area contributed by atoms with E-state index in [0.29, 0.717) is 5.16 Å². The van der Waals surface area contributed by atoms with Gasteiger partial charge >= 0.3 is 5.97 Å². The summed E-state index contributed by atoms with van der Waals surface area (Å²) in [6, 6.07) is 1.22. The van der Waals surface area contributed by atoms with Gasteiger partial charge in [-0.1, -0.05) is 11.8 Å². The highest BCUT2D eigenvalue weighted by Crippen LogP contribution is 2.11. The van der Waals surface area contributed by atoms with Crippen LogP contribution in [0.4, 0.5) is 5.82 Å². The molecular formula is C6H7N3O2S. The monoisotopic (exact) mass is 185 g/mol. The van der Waals surface area contributed by atoms with Crippen molar-refractivity contribution in [3.8, 4) is 0 Å². The van der Waals surface area contributed by atoms with Crippen molar-refractivity contribution in [2.45, 2.75) is 5.16 Å². The minimum absolute atomic E-state index is 0.0770. The zero-order valence-corrected chi connectivity index (χ0v) is 7.13. The minimum atomic E-state index is -1.10. The van der Waals surface area contributed by atoms with Crippen molar-refractivity contribution in [1.82, 2.24) is 9.97 Å². The van der Waals surface area contributed by atoms with Gasteiger partial charge in [-0.05, 0) is 6.26 Å². The number of hydrogen-bond donors (Lipinski definition) is 2. The van der Waals surface area contributed by atoms with E-state index in [1.54, 1.807) is 6.26 Å². The van der Waals surface area contributed by atoms with Gasteiger partial charge in [0.25, 0.3) is 0 Å². The fourth-order valence-corrected chi connectivity index (χ4v) is 1.03. The van der Waals surface area contributed by atoms with Crippen molar-refractivity contribution in [3.05, 3.63) is 11.8 Å². The van der Waals surface area contributed by atoms with Crippen molar-refractivity contribution in [2.75, 3.05) is 12.0 Å². The summed E-state index contributed by atoms with van der Waals surface area (Å²) in [6.45, 7) is 0. The van der Waals surface area contributed by atoms with Crippen LogP contribution < -0.4 is 5.73 Å². The first kappa shape index (κ1) is 8.79. The number of nitrogens with two attached hydrogens (primary N) is 1. The lowest BCUT2D eigenvalue weighted by atomic mass is 10.4. The summed E-state index contributed by atoms with van der Waals surface area (Å²) < 4.78 is 0. The largest absolute Gasteiger partial charge is 0.477 e. The lowest BCUT2D eigenvalue weighted by molar-refractivity contribution is 0.0689. The molecule has 0 radical (unpaired) electrons. The Bertz CT molecular complexity index is 316. The Kier molecular flexibility index (Phi) is 2.49. The highest BCUT2D eigenvalue weighted by atomic mass is 32.2. The van der Waals surface area contributed by atoms with Gasteiger partial charge in [0, 0.05) is 6.07 Å². The SMILES string of the molecule is CSc1nc(N)cc(C(=O)O)n1. The molecule has 6 heteroatoms. The molecule has 0 saturated carbocycles. The van der Waals surface area contributed by atoms with Crippen molar-refractivity contribution >= 4 is 23.5 Å². The number of aromatic nitrogens is 2. The van der Waals surface area contributed by atoms with Crippen LogP contribution >= 0.6 is 11.8 Å². The van der Waals surface area contributed by atoms with Crippen LogP contribution in [0, 0.1) is 0 Å². The minimum Gasteiger partial charge on any atom is -0.477 e. The van der Waals surface area contributed by atoms with Crippen LogP contribution in [0.1, 0.15) is 10.5 Å². The molecule has 0 fully saturated rings. The van der Waals surface area contributed by atoms with Crippen molar-refractivity contribution in [3.63, 3.8) is 0 Å². The Morgan fingerprint density at radius 1 is 1.67 bits per heavy atom. The molecule has 0 aromatic carbocycles. The number of anilines is 1. The second kappa shape index (κ2) is 3.40. The average Bonchev–Trinajstić information content (AvgIpc) is 2.03. The van der Waals surface area contributed by atoms with Crippen LogP contribution in [0.25, 0.3) is 0 Å². The smallest absolute Gasteiger partial charge is 0.354 e. The van der Waals surface area contributed by atoms with Crippen LogP contribution in [0.5, 0.6) is 0 Å². The van der Waals surface area contributed by atoms with Crippen LogP contribution in [0.3, 0.4) is 0 Å². The molecule has 3 N–H and O–H groups in total. The van der Waals surface area contributed by atoms with Crippen molar-refractivity contribution in [2.24, 2.45) is 0 Å². The highest BCUT2D eigenvalue weighted by molar-refractivity contribution is 7.98. The predicted molar refractivity (Wildman–Crippen MR) is 45.2 cm³/mol. The van der Waals surface area contributed by atoms with Crippen molar-refractivity contribution < 1.29 is 9.90 Å². The van der Waals surface area contributed by atoms with Gasteiger partial charge < -0.3 is 10.8 Å². The topological polar surface area (TPSA) is 89.1 Å². The summed E-state index contributed by atoms with van der Waals surface area (Å²) in [5.74, 6) is -0.925. The summed E-state index contributed by atoms with van der Waals surface area (Å²) >= 11 is 1.25. The van der Waals surface area contributed by atoms with E-state index < -0.39 is 5.97 Å². The lowest BCUT2D eigenvalue weighted by Crippen LogP contribution is -2.04. The number of thioether (sulfide) groups is 1. The Morgan fingerprint density at radius 2 is 2.33 bits per heavy atom. The molecule has 12 heavy (non-hydrogen) atoms. The second-order valence-corrected chi connectivity index (χ2v) is 2.74. The normalized spacial score (nSPS) is 9.75. The van der Waals surface area contributed by atoms with E-state index in [9.17, 15) is 4.79 Å². The first-order chi connectivity index (χ1) is 5.63. The number of nitrogens with zero attached hydrogens (tertiary/aromatic N) is 2. The molecule has 0 aliphatic heterocycles. The summed E-state index contributed by atoms with van der Waals surface area (Å²) in [5.41, 5.74) is 5.27. The number of carbonyl (C=O) groups is 1. The van der Waals surface area contributed by atoms with Gasteiger partial charge in [-0.25, -0.2) is 14.8 Å². The Morgan fingerprint density at radius 3 is 2.83 bits per heavy atom. The molecular weight excluding hydrogens is 178 g/mol. The predicted octanol–water partition coefficient (Wildman–Crippen LogP) is 0.479. The molecule has 0 bridgehead atoms. The Labute approximate surface area is 73.0 Å². The first-order valence-electron chi connectivity index (χ1n) is 3.05. The maximum atomic E-state index is 10.5. The number of rotatable bonds is 2. The molecule has 0 aliphatic rings. The van der Waals surface area contributed by atoms with Gasteiger partial charge in [0.1, 0.15) is 5.82 Å². The molecule has 1 rings (SSSR count). The first-order valence-corrected chi connectivity index (χ1v) is 4.28. The molecule has 0 unspecified atom stereocenters.